The Morgan fingerprint density at radius 3 is 2.46 bits per heavy atom. The van der Waals surface area contributed by atoms with Gasteiger partial charge in [0.15, 0.2) is 0 Å². The molecule has 35 heavy (non-hydrogen) atoms. The molecule has 5 nitrogen and oxygen atoms in total. The number of rotatable bonds is 6. The van der Waals surface area contributed by atoms with Crippen LogP contribution in [-0.2, 0) is 29.6 Å². The molecule has 0 radical (unpaired) electrons. The average molecular weight is 484 g/mol. The highest BCUT2D eigenvalue weighted by Gasteiger charge is 2.38. The molecule has 5 rings (SSSR count). The predicted molar refractivity (Wildman–Crippen MR) is 141 cm³/mol. The van der Waals surface area contributed by atoms with Crippen LogP contribution in [0.15, 0.2) is 83.9 Å². The van der Waals surface area contributed by atoms with E-state index in [1.807, 2.05) is 49.5 Å². The minimum absolute atomic E-state index is 0.0118. The minimum atomic E-state index is -0.687. The van der Waals surface area contributed by atoms with Crippen molar-refractivity contribution < 1.29 is 9.59 Å². The maximum Gasteiger partial charge on any atom is 0.247 e. The summed E-state index contributed by atoms with van der Waals surface area (Å²) in [5.74, 6) is 0.154. The molecule has 1 aromatic heterocycles. The van der Waals surface area contributed by atoms with Crippen LogP contribution in [-0.4, -0.2) is 33.6 Å². The largest absolute Gasteiger partial charge is 0.350 e. The lowest BCUT2D eigenvalue weighted by molar-refractivity contribution is -0.138. The summed E-state index contributed by atoms with van der Waals surface area (Å²) in [6, 6.07) is 25.7. The normalized spacial score (nSPS) is 15.7. The van der Waals surface area contributed by atoms with E-state index in [2.05, 4.69) is 53.2 Å². The molecule has 4 aromatic rings. The molecule has 0 bridgehead atoms. The number of aromatic nitrogens is 1. The fourth-order valence-corrected chi connectivity index (χ4v) is 5.86. The van der Waals surface area contributed by atoms with E-state index in [0.717, 1.165) is 32.6 Å². The highest BCUT2D eigenvalue weighted by molar-refractivity contribution is 8.00. The molecule has 6 heteroatoms. The molecule has 3 aromatic carbocycles. The van der Waals surface area contributed by atoms with Crippen LogP contribution in [0.4, 0.5) is 0 Å². The van der Waals surface area contributed by atoms with Crippen LogP contribution in [0.25, 0.3) is 10.9 Å². The number of hydrogen-bond acceptors (Lipinski definition) is 3. The molecule has 1 atom stereocenters. The van der Waals surface area contributed by atoms with Crippen molar-refractivity contribution in [3.63, 3.8) is 0 Å². The van der Waals surface area contributed by atoms with E-state index in [1.165, 1.54) is 17.3 Å². The van der Waals surface area contributed by atoms with Crippen LogP contribution < -0.4 is 5.32 Å². The molecule has 0 aliphatic carbocycles. The Morgan fingerprint density at radius 1 is 0.971 bits per heavy atom. The first kappa shape index (κ1) is 23.2. The van der Waals surface area contributed by atoms with Gasteiger partial charge in [0.1, 0.15) is 6.04 Å². The van der Waals surface area contributed by atoms with Crippen LogP contribution in [0.5, 0.6) is 0 Å². The van der Waals surface area contributed by atoms with Gasteiger partial charge in [0.2, 0.25) is 11.8 Å². The van der Waals surface area contributed by atoms with Gasteiger partial charge in [-0.1, -0.05) is 90.1 Å². The SMILES string of the molecule is Cc1ccc(CCN2C(=O)CSc3c(c4ccccc4n3C)C2C(=O)NCc2ccccc2)cc1. The Bertz CT molecular complexity index is 1360. The van der Waals surface area contributed by atoms with Crippen LogP contribution in [0.2, 0.25) is 0 Å². The number of nitrogens with zero attached hydrogens (tertiary/aromatic N) is 2. The van der Waals surface area contributed by atoms with Crippen molar-refractivity contribution >= 4 is 34.5 Å². The second-order valence-electron chi connectivity index (χ2n) is 9.01. The topological polar surface area (TPSA) is 54.3 Å². The molecule has 1 aliphatic heterocycles. The van der Waals surface area contributed by atoms with Crippen LogP contribution >= 0.6 is 11.8 Å². The third kappa shape index (κ3) is 4.71. The summed E-state index contributed by atoms with van der Waals surface area (Å²) < 4.78 is 2.11. The number of nitrogens with one attached hydrogen (secondary N) is 1. The van der Waals surface area contributed by atoms with Gasteiger partial charge in [0, 0.05) is 36.6 Å². The van der Waals surface area contributed by atoms with Crippen LogP contribution in [0.1, 0.15) is 28.3 Å². The lowest BCUT2D eigenvalue weighted by Crippen LogP contribution is -2.44. The zero-order valence-electron chi connectivity index (χ0n) is 20.0. The first-order valence-electron chi connectivity index (χ1n) is 11.9. The van der Waals surface area contributed by atoms with Gasteiger partial charge in [0.25, 0.3) is 0 Å². The highest BCUT2D eigenvalue weighted by Crippen LogP contribution is 2.41. The number of carbonyl (C=O) groups is 2. The monoisotopic (exact) mass is 483 g/mol. The van der Waals surface area contributed by atoms with Gasteiger partial charge >= 0.3 is 0 Å². The predicted octanol–water partition coefficient (Wildman–Crippen LogP) is 5.02. The molecular weight excluding hydrogens is 454 g/mol. The molecule has 0 fully saturated rings. The number of carbonyl (C=O) groups excluding carboxylic acids is 2. The summed E-state index contributed by atoms with van der Waals surface area (Å²) in [7, 11) is 2.01. The highest BCUT2D eigenvalue weighted by atomic mass is 32.2. The van der Waals surface area contributed by atoms with E-state index >= 15 is 0 Å². The van der Waals surface area contributed by atoms with E-state index < -0.39 is 6.04 Å². The fourth-order valence-electron chi connectivity index (χ4n) is 4.76. The fraction of sp³-hybridized carbons (Fsp3) is 0.241. The summed E-state index contributed by atoms with van der Waals surface area (Å²) in [6.07, 6.45) is 0.694. The Hall–Kier alpha value is -3.51. The van der Waals surface area contributed by atoms with Crippen molar-refractivity contribution in [2.24, 2.45) is 7.05 Å². The number of amides is 2. The average Bonchev–Trinajstić information content (AvgIpc) is 3.06. The number of hydrogen-bond donors (Lipinski definition) is 1. The quantitative estimate of drug-likeness (QED) is 0.419. The van der Waals surface area contributed by atoms with Crippen molar-refractivity contribution in [1.29, 1.82) is 0 Å². The molecule has 178 valence electrons. The second kappa shape index (κ2) is 10.0. The van der Waals surface area contributed by atoms with Crippen molar-refractivity contribution in [2.75, 3.05) is 12.3 Å². The minimum Gasteiger partial charge on any atom is -0.350 e. The first-order chi connectivity index (χ1) is 17.0. The van der Waals surface area contributed by atoms with Crippen molar-refractivity contribution in [2.45, 2.75) is 31.0 Å². The lowest BCUT2D eigenvalue weighted by atomic mass is 10.0. The van der Waals surface area contributed by atoms with Crippen LogP contribution in [0.3, 0.4) is 0 Å². The first-order valence-corrected chi connectivity index (χ1v) is 12.9. The standard InChI is InChI=1S/C29H29N3O2S/c1-20-12-14-21(15-13-20)16-17-32-25(33)19-35-29-26(23-10-6-7-11-24(23)31(29)2)27(32)28(34)30-18-22-8-4-3-5-9-22/h3-15,27H,16-19H2,1-2H3,(H,30,34). The van der Waals surface area contributed by atoms with E-state index in [-0.39, 0.29) is 11.8 Å². The maximum atomic E-state index is 13.8. The summed E-state index contributed by atoms with van der Waals surface area (Å²) in [6.45, 7) is 2.96. The van der Waals surface area contributed by atoms with Gasteiger partial charge in [-0.2, -0.15) is 0 Å². The molecule has 2 heterocycles. The molecule has 1 N–H and O–H groups in total. The third-order valence-corrected chi connectivity index (χ3v) is 7.81. The van der Waals surface area contributed by atoms with E-state index in [4.69, 9.17) is 0 Å². The summed E-state index contributed by atoms with van der Waals surface area (Å²) in [5, 5.41) is 5.12. The summed E-state index contributed by atoms with van der Waals surface area (Å²) in [4.78, 5) is 29.0. The zero-order chi connectivity index (χ0) is 24.4. The van der Waals surface area contributed by atoms with Gasteiger partial charge < -0.3 is 14.8 Å². The van der Waals surface area contributed by atoms with Crippen LogP contribution in [0, 0.1) is 6.92 Å². The lowest BCUT2D eigenvalue weighted by Gasteiger charge is -2.30. The maximum absolute atomic E-state index is 13.8. The van der Waals surface area contributed by atoms with E-state index in [1.54, 1.807) is 4.90 Å². The summed E-state index contributed by atoms with van der Waals surface area (Å²) in [5.41, 5.74) is 5.38. The smallest absolute Gasteiger partial charge is 0.247 e. The van der Waals surface area contributed by atoms with Crippen molar-refractivity contribution in [1.82, 2.24) is 14.8 Å². The van der Waals surface area contributed by atoms with Gasteiger partial charge in [-0.25, -0.2) is 0 Å². The van der Waals surface area contributed by atoms with Gasteiger partial charge in [-0.3, -0.25) is 9.59 Å². The molecule has 1 unspecified atom stereocenters. The van der Waals surface area contributed by atoms with Gasteiger partial charge in [0.05, 0.1) is 10.8 Å². The Kier molecular flexibility index (Phi) is 6.64. The molecule has 0 spiro atoms. The van der Waals surface area contributed by atoms with Crippen molar-refractivity contribution in [3.8, 4) is 0 Å². The molecule has 0 saturated heterocycles. The Balaban J connectivity index is 1.53. The third-order valence-electron chi connectivity index (χ3n) is 6.65. The number of benzene rings is 3. The number of para-hydroxylation sites is 1. The molecule has 2 amide bonds. The summed E-state index contributed by atoms with van der Waals surface area (Å²) >= 11 is 1.52. The zero-order valence-corrected chi connectivity index (χ0v) is 20.8. The second-order valence-corrected chi connectivity index (χ2v) is 9.98. The van der Waals surface area contributed by atoms with E-state index in [0.29, 0.717) is 25.3 Å². The Labute approximate surface area is 210 Å². The number of fused-ring (bicyclic) bond motifs is 3. The van der Waals surface area contributed by atoms with Crippen molar-refractivity contribution in [3.05, 3.63) is 101 Å². The molecule has 1 aliphatic rings. The molecule has 0 saturated carbocycles. The van der Waals surface area contributed by atoms with E-state index in [9.17, 15) is 9.59 Å². The number of aryl methyl sites for hydroxylation is 2. The molecular formula is C29H29N3O2S. The Morgan fingerprint density at radius 2 is 1.69 bits per heavy atom. The number of thioether (sulfide) groups is 1. The van der Waals surface area contributed by atoms with Gasteiger partial charge in [-0.15, -0.1) is 0 Å². The van der Waals surface area contributed by atoms with Gasteiger partial charge in [-0.05, 0) is 30.5 Å².